The highest BCUT2D eigenvalue weighted by atomic mass is 32.1. The molecule has 1 saturated carbocycles. The highest BCUT2D eigenvalue weighted by molar-refractivity contribution is 7.09. The van der Waals surface area contributed by atoms with E-state index in [1.54, 1.807) is 7.11 Å². The molecule has 17 heavy (non-hydrogen) atoms. The third-order valence-corrected chi connectivity index (χ3v) is 3.77. The molecule has 0 radical (unpaired) electrons. The molecule has 1 heterocycles. The largest absolute Gasteiger partial charge is 0.385 e. The van der Waals surface area contributed by atoms with Crippen molar-refractivity contribution in [1.29, 1.82) is 0 Å². The fourth-order valence-electron chi connectivity index (χ4n) is 1.60. The first-order valence-corrected chi connectivity index (χ1v) is 6.94. The van der Waals surface area contributed by atoms with E-state index in [1.807, 2.05) is 0 Å². The van der Waals surface area contributed by atoms with Crippen LogP contribution in [0.2, 0.25) is 0 Å². The molecule has 1 fully saturated rings. The van der Waals surface area contributed by atoms with Crippen LogP contribution in [0.1, 0.15) is 44.9 Å². The van der Waals surface area contributed by atoms with E-state index >= 15 is 0 Å². The van der Waals surface area contributed by atoms with Crippen LogP contribution < -0.4 is 5.32 Å². The van der Waals surface area contributed by atoms with Crippen molar-refractivity contribution in [2.75, 3.05) is 25.6 Å². The Balaban J connectivity index is 1.79. The number of ether oxygens (including phenoxy) is 1. The molecule has 0 aliphatic heterocycles. The predicted molar refractivity (Wildman–Crippen MR) is 70.6 cm³/mol. The Labute approximate surface area is 107 Å². The van der Waals surface area contributed by atoms with Crippen molar-refractivity contribution < 1.29 is 4.74 Å². The van der Waals surface area contributed by atoms with Crippen molar-refractivity contribution >= 4 is 16.7 Å². The van der Waals surface area contributed by atoms with E-state index in [0.717, 1.165) is 30.5 Å². The van der Waals surface area contributed by atoms with Crippen LogP contribution >= 0.6 is 11.5 Å². The summed E-state index contributed by atoms with van der Waals surface area (Å²) in [6, 6.07) is 0. The Bertz CT molecular complexity index is 360. The van der Waals surface area contributed by atoms with Crippen LogP contribution in [0, 0.1) is 5.41 Å². The Morgan fingerprint density at radius 3 is 2.88 bits per heavy atom. The van der Waals surface area contributed by atoms with E-state index in [4.69, 9.17) is 4.74 Å². The predicted octanol–water partition coefficient (Wildman–Crippen LogP) is 2.89. The van der Waals surface area contributed by atoms with Gasteiger partial charge >= 0.3 is 0 Å². The Morgan fingerprint density at radius 2 is 2.24 bits per heavy atom. The SMILES string of the molecule is COCCC(C)(C)CNc1nc(C2CC2)ns1. The van der Waals surface area contributed by atoms with Crippen LogP contribution in [0.25, 0.3) is 0 Å². The van der Waals surface area contributed by atoms with Gasteiger partial charge in [0, 0.05) is 37.7 Å². The van der Waals surface area contributed by atoms with Crippen molar-refractivity contribution in [2.45, 2.75) is 39.0 Å². The van der Waals surface area contributed by atoms with Gasteiger partial charge < -0.3 is 10.1 Å². The minimum absolute atomic E-state index is 0.224. The van der Waals surface area contributed by atoms with Crippen molar-refractivity contribution in [1.82, 2.24) is 9.36 Å². The minimum atomic E-state index is 0.224. The maximum absolute atomic E-state index is 5.12. The van der Waals surface area contributed by atoms with Crippen LogP contribution in [0.3, 0.4) is 0 Å². The lowest BCUT2D eigenvalue weighted by Crippen LogP contribution is -2.24. The highest BCUT2D eigenvalue weighted by Crippen LogP contribution is 2.39. The number of aromatic nitrogens is 2. The molecular weight excluding hydrogens is 234 g/mol. The third kappa shape index (κ3) is 3.92. The average molecular weight is 255 g/mol. The topological polar surface area (TPSA) is 47.0 Å². The fourth-order valence-corrected chi connectivity index (χ4v) is 2.24. The van der Waals surface area contributed by atoms with Gasteiger partial charge in [-0.05, 0) is 24.7 Å². The molecule has 0 bridgehead atoms. The maximum Gasteiger partial charge on any atom is 0.202 e. The van der Waals surface area contributed by atoms with E-state index < -0.39 is 0 Å². The second kappa shape index (κ2) is 5.31. The van der Waals surface area contributed by atoms with Crippen molar-refractivity contribution in [3.63, 3.8) is 0 Å². The molecule has 1 aliphatic carbocycles. The zero-order chi connectivity index (χ0) is 12.3. The molecule has 1 N–H and O–H groups in total. The molecule has 2 rings (SSSR count). The monoisotopic (exact) mass is 255 g/mol. The first-order valence-electron chi connectivity index (χ1n) is 6.17. The van der Waals surface area contributed by atoms with Gasteiger partial charge in [0.15, 0.2) is 0 Å². The molecule has 0 saturated heterocycles. The lowest BCUT2D eigenvalue weighted by atomic mass is 9.90. The standard InChI is InChI=1S/C12H21N3OS/c1-12(2,6-7-16-3)8-13-11-14-10(15-17-11)9-4-5-9/h9H,4-8H2,1-3H3,(H,13,14,15). The summed E-state index contributed by atoms with van der Waals surface area (Å²) in [5.74, 6) is 1.68. The number of rotatable bonds is 7. The number of hydrogen-bond acceptors (Lipinski definition) is 5. The van der Waals surface area contributed by atoms with Crippen molar-refractivity contribution in [3.05, 3.63) is 5.82 Å². The second-order valence-corrected chi connectivity index (χ2v) is 6.24. The van der Waals surface area contributed by atoms with Crippen LogP contribution in [-0.4, -0.2) is 29.6 Å². The fraction of sp³-hybridized carbons (Fsp3) is 0.833. The van der Waals surface area contributed by atoms with E-state index in [-0.39, 0.29) is 5.41 Å². The second-order valence-electron chi connectivity index (χ2n) is 5.49. The van der Waals surface area contributed by atoms with Gasteiger partial charge in [-0.15, -0.1) is 0 Å². The van der Waals surface area contributed by atoms with E-state index in [9.17, 15) is 0 Å². The molecule has 0 aromatic carbocycles. The third-order valence-electron chi connectivity index (χ3n) is 3.09. The summed E-state index contributed by atoms with van der Waals surface area (Å²) in [4.78, 5) is 4.52. The lowest BCUT2D eigenvalue weighted by Gasteiger charge is -2.24. The summed E-state index contributed by atoms with van der Waals surface area (Å²) in [5, 5.41) is 4.34. The average Bonchev–Trinajstić information content (AvgIpc) is 3.04. The lowest BCUT2D eigenvalue weighted by molar-refractivity contribution is 0.157. The van der Waals surface area contributed by atoms with E-state index in [2.05, 4.69) is 28.5 Å². The van der Waals surface area contributed by atoms with E-state index in [0.29, 0.717) is 5.92 Å². The molecular formula is C12H21N3OS. The summed E-state index contributed by atoms with van der Waals surface area (Å²) < 4.78 is 9.50. The molecule has 0 atom stereocenters. The van der Waals surface area contributed by atoms with Crippen molar-refractivity contribution in [2.24, 2.45) is 5.41 Å². The molecule has 1 aromatic heterocycles. The van der Waals surface area contributed by atoms with Crippen LogP contribution in [0.4, 0.5) is 5.13 Å². The number of nitrogens with one attached hydrogen (secondary N) is 1. The summed E-state index contributed by atoms with van der Waals surface area (Å²) in [6.07, 6.45) is 3.57. The normalized spacial score (nSPS) is 16.2. The van der Waals surface area contributed by atoms with Gasteiger partial charge in [0.2, 0.25) is 5.13 Å². The number of anilines is 1. The molecule has 96 valence electrons. The van der Waals surface area contributed by atoms with Gasteiger partial charge in [-0.25, -0.2) is 4.98 Å². The van der Waals surface area contributed by atoms with Gasteiger partial charge in [0.05, 0.1) is 0 Å². The zero-order valence-electron chi connectivity index (χ0n) is 10.8. The molecule has 4 nitrogen and oxygen atoms in total. The molecule has 0 amide bonds. The van der Waals surface area contributed by atoms with Crippen LogP contribution in [0.15, 0.2) is 0 Å². The van der Waals surface area contributed by atoms with Gasteiger partial charge in [0.1, 0.15) is 5.82 Å². The Hall–Kier alpha value is -0.680. The molecule has 1 aromatic rings. The number of nitrogens with zero attached hydrogens (tertiary/aromatic N) is 2. The number of hydrogen-bond donors (Lipinski definition) is 1. The maximum atomic E-state index is 5.12. The summed E-state index contributed by atoms with van der Waals surface area (Å²) >= 11 is 1.48. The van der Waals surface area contributed by atoms with Gasteiger partial charge in [-0.2, -0.15) is 4.37 Å². The van der Waals surface area contributed by atoms with E-state index in [1.165, 1.54) is 24.4 Å². The Kier molecular flexibility index (Phi) is 3.99. The first kappa shape index (κ1) is 12.8. The van der Waals surface area contributed by atoms with Crippen LogP contribution in [-0.2, 0) is 4.74 Å². The minimum Gasteiger partial charge on any atom is -0.385 e. The van der Waals surface area contributed by atoms with Crippen LogP contribution in [0.5, 0.6) is 0 Å². The number of methoxy groups -OCH3 is 1. The smallest absolute Gasteiger partial charge is 0.202 e. The zero-order valence-corrected chi connectivity index (χ0v) is 11.6. The molecule has 1 aliphatic rings. The van der Waals surface area contributed by atoms with Crippen molar-refractivity contribution in [3.8, 4) is 0 Å². The quantitative estimate of drug-likeness (QED) is 0.814. The van der Waals surface area contributed by atoms with Gasteiger partial charge in [-0.3, -0.25) is 0 Å². The molecule has 0 spiro atoms. The highest BCUT2D eigenvalue weighted by Gasteiger charge is 2.28. The van der Waals surface area contributed by atoms with Gasteiger partial charge in [0.25, 0.3) is 0 Å². The summed E-state index contributed by atoms with van der Waals surface area (Å²) in [7, 11) is 1.75. The summed E-state index contributed by atoms with van der Waals surface area (Å²) in [6.45, 7) is 6.19. The summed E-state index contributed by atoms with van der Waals surface area (Å²) in [5.41, 5.74) is 0.224. The molecule has 0 unspecified atom stereocenters. The first-order chi connectivity index (χ1) is 8.11. The molecule has 5 heteroatoms. The Morgan fingerprint density at radius 1 is 1.47 bits per heavy atom. The van der Waals surface area contributed by atoms with Gasteiger partial charge in [-0.1, -0.05) is 13.8 Å².